The fourth-order valence-corrected chi connectivity index (χ4v) is 4.79. The van der Waals surface area contributed by atoms with Crippen molar-refractivity contribution in [2.24, 2.45) is 5.41 Å². The summed E-state index contributed by atoms with van der Waals surface area (Å²) in [6, 6.07) is 3.65. The first kappa shape index (κ1) is 17.0. The molecule has 1 unspecified atom stereocenters. The highest BCUT2D eigenvalue weighted by atomic mass is 16.4. The zero-order valence-corrected chi connectivity index (χ0v) is 14.6. The smallest absolute Gasteiger partial charge is 0.407 e. The maximum Gasteiger partial charge on any atom is 0.407 e. The van der Waals surface area contributed by atoms with Crippen molar-refractivity contribution in [3.8, 4) is 0 Å². The van der Waals surface area contributed by atoms with Crippen LogP contribution in [0, 0.1) is 5.41 Å². The first-order valence-corrected chi connectivity index (χ1v) is 9.08. The summed E-state index contributed by atoms with van der Waals surface area (Å²) in [6.07, 6.45) is 7.86. The van der Waals surface area contributed by atoms with E-state index in [1.807, 2.05) is 6.07 Å². The zero-order chi connectivity index (χ0) is 18.4. The van der Waals surface area contributed by atoms with E-state index in [1.54, 1.807) is 29.2 Å². The normalized spacial score (nSPS) is 25.0. The molecule has 0 bridgehead atoms. The van der Waals surface area contributed by atoms with Crippen LogP contribution in [-0.4, -0.2) is 49.4 Å². The molecule has 2 N–H and O–H groups in total. The molecule has 1 aliphatic heterocycles. The second-order valence-corrected chi connectivity index (χ2v) is 7.68. The Kier molecular flexibility index (Phi) is 3.99. The van der Waals surface area contributed by atoms with E-state index in [0.717, 1.165) is 31.1 Å². The number of aliphatic hydroxyl groups is 1. The molecule has 1 saturated heterocycles. The van der Waals surface area contributed by atoms with Crippen LogP contribution < -0.4 is 5.56 Å². The minimum Gasteiger partial charge on any atom is -0.465 e. The number of piperidine rings is 1. The third-order valence-electron chi connectivity index (χ3n) is 6.32. The fourth-order valence-electron chi connectivity index (χ4n) is 4.79. The molecule has 7 nitrogen and oxygen atoms in total. The van der Waals surface area contributed by atoms with Crippen LogP contribution in [0.2, 0.25) is 0 Å². The summed E-state index contributed by atoms with van der Waals surface area (Å²) in [4.78, 5) is 29.7. The highest BCUT2D eigenvalue weighted by Gasteiger charge is 2.55. The molecule has 2 aromatic heterocycles. The zero-order valence-electron chi connectivity index (χ0n) is 14.6. The van der Waals surface area contributed by atoms with E-state index >= 15 is 0 Å². The Morgan fingerprint density at radius 3 is 2.73 bits per heavy atom. The minimum atomic E-state index is -1.09. The van der Waals surface area contributed by atoms with Crippen LogP contribution >= 0.6 is 0 Å². The molecule has 1 saturated carbocycles. The lowest BCUT2D eigenvalue weighted by Gasteiger charge is -2.51. The summed E-state index contributed by atoms with van der Waals surface area (Å²) in [6.45, 7) is 0.810. The lowest BCUT2D eigenvalue weighted by Crippen LogP contribution is -2.62. The average Bonchev–Trinajstić information content (AvgIpc) is 3.10. The Hall–Kier alpha value is -2.41. The fraction of sp³-hybridized carbons (Fsp3) is 0.526. The van der Waals surface area contributed by atoms with Gasteiger partial charge in [0.15, 0.2) is 0 Å². The van der Waals surface area contributed by atoms with Crippen LogP contribution in [0.4, 0.5) is 4.79 Å². The summed E-state index contributed by atoms with van der Waals surface area (Å²) in [5.41, 5.74) is -1.74. The summed E-state index contributed by atoms with van der Waals surface area (Å²) < 4.78 is 1.56. The third-order valence-corrected chi connectivity index (χ3v) is 6.32. The number of carboxylic acid groups (broad SMARTS) is 1. The largest absolute Gasteiger partial charge is 0.465 e. The highest BCUT2D eigenvalue weighted by molar-refractivity contribution is 5.80. The van der Waals surface area contributed by atoms with Crippen molar-refractivity contribution < 1.29 is 15.0 Å². The first-order valence-electron chi connectivity index (χ1n) is 9.08. The van der Waals surface area contributed by atoms with E-state index in [-0.39, 0.29) is 18.6 Å². The van der Waals surface area contributed by atoms with Gasteiger partial charge in [-0.05, 0) is 36.8 Å². The van der Waals surface area contributed by atoms with Crippen LogP contribution in [0.1, 0.15) is 32.1 Å². The van der Waals surface area contributed by atoms with E-state index in [2.05, 4.69) is 4.98 Å². The molecule has 138 valence electrons. The van der Waals surface area contributed by atoms with Gasteiger partial charge in [0.05, 0.1) is 17.5 Å². The van der Waals surface area contributed by atoms with Gasteiger partial charge in [0, 0.05) is 37.1 Å². The number of hydrogen-bond acceptors (Lipinski definition) is 4. The van der Waals surface area contributed by atoms with Crippen molar-refractivity contribution in [1.29, 1.82) is 0 Å². The van der Waals surface area contributed by atoms with E-state index in [4.69, 9.17) is 0 Å². The van der Waals surface area contributed by atoms with Gasteiger partial charge >= 0.3 is 6.09 Å². The van der Waals surface area contributed by atoms with Crippen molar-refractivity contribution in [3.63, 3.8) is 0 Å². The van der Waals surface area contributed by atoms with Gasteiger partial charge in [-0.1, -0.05) is 12.8 Å². The number of likely N-dealkylation sites (tertiary alicyclic amines) is 1. The van der Waals surface area contributed by atoms with Crippen LogP contribution in [0.15, 0.2) is 35.5 Å². The average molecular weight is 357 g/mol. The number of hydrogen-bond donors (Lipinski definition) is 2. The molecule has 26 heavy (non-hydrogen) atoms. The summed E-state index contributed by atoms with van der Waals surface area (Å²) in [5.74, 6) is 0. The molecule has 1 atom stereocenters. The van der Waals surface area contributed by atoms with Crippen molar-refractivity contribution in [2.75, 3.05) is 13.1 Å². The Labute approximate surface area is 150 Å². The number of aromatic nitrogens is 2. The van der Waals surface area contributed by atoms with Crippen molar-refractivity contribution in [1.82, 2.24) is 14.5 Å². The molecule has 1 spiro atoms. The number of amides is 1. The molecule has 2 fully saturated rings. The predicted octanol–water partition coefficient (Wildman–Crippen LogP) is 2.07. The molecule has 0 radical (unpaired) electrons. The molecular weight excluding hydrogens is 334 g/mol. The van der Waals surface area contributed by atoms with Gasteiger partial charge in [-0.15, -0.1) is 0 Å². The molecule has 1 aliphatic carbocycles. The van der Waals surface area contributed by atoms with Gasteiger partial charge in [0.1, 0.15) is 0 Å². The quantitative estimate of drug-likeness (QED) is 0.858. The van der Waals surface area contributed by atoms with Gasteiger partial charge in [0.25, 0.3) is 5.56 Å². The van der Waals surface area contributed by atoms with Crippen LogP contribution in [0.3, 0.4) is 0 Å². The van der Waals surface area contributed by atoms with Crippen LogP contribution in [0.5, 0.6) is 0 Å². The predicted molar refractivity (Wildman–Crippen MR) is 96.1 cm³/mol. The number of pyridine rings is 2. The SMILES string of the molecule is O=C(O)N1CCC(O)(Cn2ccc3ccncc3c2=O)C2(CCCC2)C1. The Morgan fingerprint density at radius 1 is 1.23 bits per heavy atom. The van der Waals surface area contributed by atoms with Gasteiger partial charge in [-0.25, -0.2) is 4.79 Å². The van der Waals surface area contributed by atoms with Gasteiger partial charge < -0.3 is 19.7 Å². The second-order valence-electron chi connectivity index (χ2n) is 7.68. The maximum atomic E-state index is 12.8. The molecular formula is C19H23N3O4. The minimum absolute atomic E-state index is 0.169. The lowest BCUT2D eigenvalue weighted by molar-refractivity contribution is -0.137. The van der Waals surface area contributed by atoms with E-state index in [0.29, 0.717) is 18.4 Å². The number of carbonyl (C=O) groups is 1. The molecule has 2 aliphatic rings. The maximum absolute atomic E-state index is 12.8. The second kappa shape index (κ2) is 6.09. The Morgan fingerprint density at radius 2 is 2.00 bits per heavy atom. The highest BCUT2D eigenvalue weighted by Crippen LogP contribution is 2.51. The van der Waals surface area contributed by atoms with E-state index in [1.165, 1.54) is 4.90 Å². The molecule has 1 amide bonds. The Balaban J connectivity index is 1.71. The van der Waals surface area contributed by atoms with Gasteiger partial charge in [-0.2, -0.15) is 0 Å². The van der Waals surface area contributed by atoms with Gasteiger partial charge in [-0.3, -0.25) is 9.78 Å². The molecule has 4 rings (SSSR count). The molecule has 0 aromatic carbocycles. The molecule has 2 aromatic rings. The number of nitrogens with zero attached hydrogens (tertiary/aromatic N) is 3. The first-order chi connectivity index (χ1) is 12.4. The topological polar surface area (TPSA) is 95.7 Å². The third kappa shape index (κ3) is 2.58. The summed E-state index contributed by atoms with van der Waals surface area (Å²) >= 11 is 0. The van der Waals surface area contributed by atoms with E-state index in [9.17, 15) is 19.8 Å². The van der Waals surface area contributed by atoms with Crippen molar-refractivity contribution in [3.05, 3.63) is 41.1 Å². The summed E-state index contributed by atoms with van der Waals surface area (Å²) in [5, 5.41) is 22.3. The monoisotopic (exact) mass is 357 g/mol. The number of rotatable bonds is 2. The van der Waals surface area contributed by atoms with Crippen molar-refractivity contribution >= 4 is 16.9 Å². The van der Waals surface area contributed by atoms with Gasteiger partial charge in [0.2, 0.25) is 0 Å². The van der Waals surface area contributed by atoms with Crippen molar-refractivity contribution in [2.45, 2.75) is 44.2 Å². The lowest BCUT2D eigenvalue weighted by atomic mass is 9.66. The molecule has 3 heterocycles. The summed E-state index contributed by atoms with van der Waals surface area (Å²) in [7, 11) is 0. The Bertz CT molecular complexity index is 903. The van der Waals surface area contributed by atoms with Crippen LogP contribution in [-0.2, 0) is 6.54 Å². The standard InChI is InChI=1S/C19H23N3O4/c23-16-15-11-20-8-3-14(15)4-9-21(16)13-19(26)7-10-22(17(24)25)12-18(19)5-1-2-6-18/h3-4,8-9,11,26H,1-2,5-7,10,12-13H2,(H,24,25). The van der Waals surface area contributed by atoms with Crippen LogP contribution in [0.25, 0.3) is 10.8 Å². The van der Waals surface area contributed by atoms with E-state index < -0.39 is 17.1 Å². The number of fused-ring (bicyclic) bond motifs is 1. The molecule has 7 heteroatoms.